The van der Waals surface area contributed by atoms with Crippen molar-refractivity contribution in [3.8, 4) is 111 Å². The third-order valence-electron chi connectivity index (χ3n) is 15.0. The van der Waals surface area contributed by atoms with E-state index in [1.165, 1.54) is 44.5 Å². The van der Waals surface area contributed by atoms with Crippen LogP contribution in [-0.2, 0) is 6.54 Å². The summed E-state index contributed by atoms with van der Waals surface area (Å²) < 4.78 is 2.29. The maximum atomic E-state index is 10.7. The lowest BCUT2D eigenvalue weighted by atomic mass is 9.78. The molecule has 13 rings (SSSR count). The predicted molar refractivity (Wildman–Crippen MR) is 321 cm³/mol. The van der Waals surface area contributed by atoms with Crippen molar-refractivity contribution in [2.45, 2.75) is 6.54 Å². The van der Waals surface area contributed by atoms with Crippen LogP contribution in [0.1, 0.15) is 0 Å². The molecule has 0 aliphatic carbocycles. The highest BCUT2D eigenvalue weighted by atomic mass is 16.3. The van der Waals surface area contributed by atoms with Gasteiger partial charge >= 0.3 is 0 Å². The van der Waals surface area contributed by atoms with E-state index in [0.29, 0.717) is 6.54 Å². The Kier molecular flexibility index (Phi) is 12.4. The fourth-order valence-electron chi connectivity index (χ4n) is 11.7. The lowest BCUT2D eigenvalue weighted by molar-refractivity contribution is 0.280. The van der Waals surface area contributed by atoms with Crippen molar-refractivity contribution in [1.29, 1.82) is 0 Å². The summed E-state index contributed by atoms with van der Waals surface area (Å²) in [5.41, 5.74) is 25.4. The summed E-state index contributed by atoms with van der Waals surface area (Å²) in [5, 5.41) is 13.0. The molecule has 1 aromatic heterocycles. The molecule has 0 saturated carbocycles. The smallest absolute Gasteiger partial charge is 0.0610 e. The molecule has 13 aromatic rings. The van der Waals surface area contributed by atoms with Crippen LogP contribution in [0.25, 0.3) is 133 Å². The second-order valence-electron chi connectivity index (χ2n) is 19.5. The van der Waals surface area contributed by atoms with E-state index in [-0.39, 0.29) is 6.61 Å². The molecule has 12 aromatic carbocycles. The number of rotatable bonds is 12. The van der Waals surface area contributed by atoms with Crippen molar-refractivity contribution in [3.05, 3.63) is 291 Å². The molecule has 76 heavy (non-hydrogen) atoms. The maximum Gasteiger partial charge on any atom is 0.0610 e. The average molecular weight is 972 g/mol. The van der Waals surface area contributed by atoms with E-state index in [2.05, 4.69) is 296 Å². The van der Waals surface area contributed by atoms with Crippen molar-refractivity contribution in [1.82, 2.24) is 4.57 Å². The number of aromatic nitrogens is 1. The van der Waals surface area contributed by atoms with E-state index >= 15 is 0 Å². The van der Waals surface area contributed by atoms with Crippen LogP contribution in [0.2, 0.25) is 0 Å². The SMILES string of the molecule is OCCn1c2ccc(-c3cc(-c4ccccc4)c(-c4ccccc4)c(-c4ccccc4)c3-c3ccccc3)cc2c2cc(-c3cc(-c4ccccc4)c(-c4ccccc4)c(-c4ccccc4)c3-c3ccccc3)ccc21. The summed E-state index contributed by atoms with van der Waals surface area (Å²) >= 11 is 0. The molecule has 2 nitrogen and oxygen atoms in total. The number of nitrogens with zero attached hydrogens (tertiary/aromatic N) is 1. The van der Waals surface area contributed by atoms with E-state index in [1.54, 1.807) is 0 Å². The largest absolute Gasteiger partial charge is 0.395 e. The van der Waals surface area contributed by atoms with E-state index < -0.39 is 0 Å². The number of benzene rings is 12. The van der Waals surface area contributed by atoms with Crippen LogP contribution in [0.4, 0.5) is 0 Å². The molecule has 0 spiro atoms. The molecule has 0 fully saturated rings. The Morgan fingerprint density at radius 2 is 0.461 bits per heavy atom. The van der Waals surface area contributed by atoms with Gasteiger partial charge in [-0.1, -0.05) is 255 Å². The van der Waals surface area contributed by atoms with Gasteiger partial charge in [-0.3, -0.25) is 0 Å². The minimum Gasteiger partial charge on any atom is -0.395 e. The lowest BCUT2D eigenvalue weighted by Crippen LogP contribution is -2.01. The Bertz CT molecular complexity index is 3880. The van der Waals surface area contributed by atoms with Crippen LogP contribution in [-0.4, -0.2) is 16.3 Å². The Hall–Kier alpha value is -9.60. The van der Waals surface area contributed by atoms with Crippen LogP contribution in [0, 0.1) is 0 Å². The Morgan fingerprint density at radius 3 is 0.724 bits per heavy atom. The second kappa shape index (κ2) is 20.4. The maximum absolute atomic E-state index is 10.7. The molecular weight excluding hydrogens is 919 g/mol. The first-order valence-corrected chi connectivity index (χ1v) is 26.2. The second-order valence-corrected chi connectivity index (χ2v) is 19.5. The summed E-state index contributed by atoms with van der Waals surface area (Å²) in [6.45, 7) is 0.482. The lowest BCUT2D eigenvalue weighted by Gasteiger charge is -2.24. The number of hydrogen-bond acceptors (Lipinski definition) is 1. The van der Waals surface area contributed by atoms with E-state index in [4.69, 9.17) is 0 Å². The third-order valence-corrected chi connectivity index (χ3v) is 15.0. The molecule has 0 saturated heterocycles. The number of hydrogen-bond donors (Lipinski definition) is 1. The van der Waals surface area contributed by atoms with Crippen LogP contribution in [0.3, 0.4) is 0 Å². The molecule has 0 aliphatic rings. The minimum absolute atomic E-state index is 0.0162. The first-order valence-electron chi connectivity index (χ1n) is 26.2. The first-order chi connectivity index (χ1) is 37.7. The molecule has 0 atom stereocenters. The van der Waals surface area contributed by atoms with Crippen molar-refractivity contribution >= 4 is 21.8 Å². The zero-order valence-corrected chi connectivity index (χ0v) is 42.0. The van der Waals surface area contributed by atoms with Crippen LogP contribution >= 0.6 is 0 Å². The summed E-state index contributed by atoms with van der Waals surface area (Å²) in [5.74, 6) is 0. The van der Waals surface area contributed by atoms with Gasteiger partial charge in [0.2, 0.25) is 0 Å². The fourth-order valence-corrected chi connectivity index (χ4v) is 11.7. The van der Waals surface area contributed by atoms with Gasteiger partial charge in [-0.15, -0.1) is 0 Å². The highest BCUT2D eigenvalue weighted by Crippen LogP contribution is 2.53. The molecule has 0 unspecified atom stereocenters. The van der Waals surface area contributed by atoms with Crippen molar-refractivity contribution < 1.29 is 5.11 Å². The zero-order valence-electron chi connectivity index (χ0n) is 42.0. The van der Waals surface area contributed by atoms with Gasteiger partial charge in [0.15, 0.2) is 0 Å². The van der Waals surface area contributed by atoms with E-state index in [1.807, 2.05) is 0 Å². The molecular formula is C74H53NO. The van der Waals surface area contributed by atoms with E-state index in [0.717, 1.165) is 88.6 Å². The van der Waals surface area contributed by atoms with Crippen molar-refractivity contribution in [2.24, 2.45) is 0 Å². The van der Waals surface area contributed by atoms with Gasteiger partial charge in [0, 0.05) is 28.4 Å². The van der Waals surface area contributed by atoms with Crippen LogP contribution < -0.4 is 0 Å². The van der Waals surface area contributed by atoms with Crippen LogP contribution in [0.5, 0.6) is 0 Å². The standard InChI is InChI=1S/C74H53NO/c76-46-45-75-67-43-41-59(63-49-61(51-25-9-1-10-26-51)69(53-29-13-3-14-30-53)73(57-37-21-7-22-38-57)71(63)55-33-17-5-18-34-55)47-65(67)66-48-60(42-44-68(66)75)64-50-62(52-27-11-2-12-28-52)70(54-31-15-4-16-32-54)74(58-39-23-8-24-40-58)72(64)56-35-19-6-20-36-56/h1-44,47-50,76H,45-46H2. The molecule has 0 radical (unpaired) electrons. The number of aliphatic hydroxyl groups excluding tert-OH is 1. The topological polar surface area (TPSA) is 25.2 Å². The molecule has 0 bridgehead atoms. The summed E-state index contributed by atoms with van der Waals surface area (Å²) in [6.07, 6.45) is 0. The molecule has 1 N–H and O–H groups in total. The number of aliphatic hydroxyl groups is 1. The predicted octanol–water partition coefficient (Wildman–Crippen LogP) is 19.5. The quantitative estimate of drug-likeness (QED) is 0.130. The molecule has 2 heteroatoms. The van der Waals surface area contributed by atoms with E-state index in [9.17, 15) is 5.11 Å². The molecule has 0 amide bonds. The van der Waals surface area contributed by atoms with Gasteiger partial charge in [0.25, 0.3) is 0 Å². The van der Waals surface area contributed by atoms with Gasteiger partial charge in [-0.05, 0) is 148 Å². The number of fused-ring (bicyclic) bond motifs is 3. The van der Waals surface area contributed by atoms with Crippen LogP contribution in [0.15, 0.2) is 291 Å². The summed E-state index contributed by atoms with van der Waals surface area (Å²) in [7, 11) is 0. The normalized spacial score (nSPS) is 11.3. The Morgan fingerprint density at radius 1 is 0.224 bits per heavy atom. The van der Waals surface area contributed by atoms with Gasteiger partial charge < -0.3 is 9.67 Å². The molecule has 0 aliphatic heterocycles. The molecule has 1 heterocycles. The minimum atomic E-state index is 0.0162. The highest BCUT2D eigenvalue weighted by Gasteiger charge is 2.27. The molecule has 360 valence electrons. The third kappa shape index (κ3) is 8.41. The van der Waals surface area contributed by atoms with Crippen molar-refractivity contribution in [2.75, 3.05) is 6.61 Å². The monoisotopic (exact) mass is 971 g/mol. The summed E-state index contributed by atoms with van der Waals surface area (Å²) in [6, 6.07) is 106. The van der Waals surface area contributed by atoms with Gasteiger partial charge in [0.1, 0.15) is 0 Å². The fraction of sp³-hybridized carbons (Fsp3) is 0.0270. The Labute approximate surface area is 444 Å². The Balaban J connectivity index is 1.13. The average Bonchev–Trinajstić information content (AvgIpc) is 3.82. The zero-order chi connectivity index (χ0) is 50.8. The first kappa shape index (κ1) is 46.2. The van der Waals surface area contributed by atoms with Gasteiger partial charge in [-0.2, -0.15) is 0 Å². The summed E-state index contributed by atoms with van der Waals surface area (Å²) in [4.78, 5) is 0. The highest BCUT2D eigenvalue weighted by molar-refractivity contribution is 6.14. The van der Waals surface area contributed by atoms with Gasteiger partial charge in [0.05, 0.1) is 6.61 Å². The van der Waals surface area contributed by atoms with Gasteiger partial charge in [-0.25, -0.2) is 0 Å². The van der Waals surface area contributed by atoms with Crippen molar-refractivity contribution in [3.63, 3.8) is 0 Å².